The van der Waals surface area contributed by atoms with Crippen molar-refractivity contribution < 1.29 is 13.3 Å². The van der Waals surface area contributed by atoms with Crippen molar-refractivity contribution in [1.29, 1.82) is 0 Å². The van der Waals surface area contributed by atoms with Gasteiger partial charge in [-0.2, -0.15) is 0 Å². The second-order valence-corrected chi connectivity index (χ2v) is 8.66. The van der Waals surface area contributed by atoms with Crippen molar-refractivity contribution in [3.05, 3.63) is 28.3 Å². The van der Waals surface area contributed by atoms with Crippen LogP contribution in [-0.2, 0) is 9.84 Å². The maximum absolute atomic E-state index is 11.6. The van der Waals surface area contributed by atoms with E-state index in [1.54, 1.807) is 6.07 Å². The first-order valence-corrected chi connectivity index (χ1v) is 10.2. The van der Waals surface area contributed by atoms with Crippen LogP contribution < -0.4 is 4.90 Å². The van der Waals surface area contributed by atoms with E-state index < -0.39 is 14.8 Å². The summed E-state index contributed by atoms with van der Waals surface area (Å²) in [6.45, 7) is 3.26. The highest BCUT2D eigenvalue weighted by molar-refractivity contribution is 7.90. The van der Waals surface area contributed by atoms with E-state index in [0.717, 1.165) is 32.4 Å². The van der Waals surface area contributed by atoms with Crippen molar-refractivity contribution in [3.8, 4) is 0 Å². The second-order valence-electron chi connectivity index (χ2n) is 6.64. The fourth-order valence-corrected chi connectivity index (χ4v) is 4.39. The average molecular weight is 353 g/mol. The summed E-state index contributed by atoms with van der Waals surface area (Å²) in [5.41, 5.74) is 0.380. The minimum absolute atomic E-state index is 0.0115. The van der Waals surface area contributed by atoms with Gasteiger partial charge in [-0.3, -0.25) is 15.0 Å². The first-order valence-electron chi connectivity index (χ1n) is 8.34. The van der Waals surface area contributed by atoms with E-state index in [1.165, 1.54) is 37.8 Å². The molecule has 7 nitrogen and oxygen atoms in total. The van der Waals surface area contributed by atoms with Gasteiger partial charge in [0.15, 0.2) is 9.84 Å². The van der Waals surface area contributed by atoms with Crippen molar-refractivity contribution in [1.82, 2.24) is 4.90 Å². The molecule has 132 valence electrons. The smallest absolute Gasteiger partial charge is 0.293 e. The van der Waals surface area contributed by atoms with Gasteiger partial charge in [0.2, 0.25) is 0 Å². The number of rotatable bonds is 4. The Balaban J connectivity index is 1.78. The molecule has 0 radical (unpaired) electrons. The summed E-state index contributed by atoms with van der Waals surface area (Å²) in [4.78, 5) is 15.4. The number of sulfone groups is 1. The normalized spacial score (nSPS) is 20.5. The molecule has 0 aromatic heterocycles. The topological polar surface area (TPSA) is 83.8 Å². The Labute approximate surface area is 142 Å². The Hall–Kier alpha value is -1.67. The molecule has 2 fully saturated rings. The summed E-state index contributed by atoms with van der Waals surface area (Å²) in [6, 6.07) is 4.86. The van der Waals surface area contributed by atoms with Crippen molar-refractivity contribution in [2.45, 2.75) is 36.6 Å². The van der Waals surface area contributed by atoms with Crippen LogP contribution in [0.25, 0.3) is 0 Å². The lowest BCUT2D eigenvalue weighted by Gasteiger charge is -2.38. The van der Waals surface area contributed by atoms with E-state index in [-0.39, 0.29) is 10.6 Å². The third-order valence-corrected chi connectivity index (χ3v) is 6.18. The third kappa shape index (κ3) is 3.54. The number of hydrogen-bond acceptors (Lipinski definition) is 6. The lowest BCUT2D eigenvalue weighted by Crippen LogP contribution is -2.49. The Bertz CT molecular complexity index is 721. The van der Waals surface area contributed by atoms with Crippen molar-refractivity contribution in [2.75, 3.05) is 37.3 Å². The zero-order valence-electron chi connectivity index (χ0n) is 13.8. The molecule has 3 rings (SSSR count). The zero-order valence-corrected chi connectivity index (χ0v) is 14.7. The number of benzene rings is 1. The van der Waals surface area contributed by atoms with Crippen LogP contribution in [0.3, 0.4) is 0 Å². The van der Waals surface area contributed by atoms with Gasteiger partial charge >= 0.3 is 0 Å². The molecule has 0 atom stereocenters. The highest BCUT2D eigenvalue weighted by Crippen LogP contribution is 2.32. The van der Waals surface area contributed by atoms with Crippen LogP contribution in [-0.4, -0.2) is 56.7 Å². The van der Waals surface area contributed by atoms with Crippen molar-refractivity contribution in [2.24, 2.45) is 0 Å². The van der Waals surface area contributed by atoms with Gasteiger partial charge < -0.3 is 4.90 Å². The number of anilines is 1. The van der Waals surface area contributed by atoms with Crippen molar-refractivity contribution >= 4 is 21.2 Å². The SMILES string of the molecule is CS(=O)(=O)c1ccc(N2CCN(C3CCCC3)CC2)c([N+](=O)[O-])c1. The fourth-order valence-electron chi connectivity index (χ4n) is 3.74. The molecule has 0 spiro atoms. The molecule has 0 amide bonds. The molecular weight excluding hydrogens is 330 g/mol. The molecule has 1 saturated carbocycles. The minimum atomic E-state index is -3.46. The number of nitro groups is 1. The molecule has 1 aromatic rings. The average Bonchev–Trinajstić information content (AvgIpc) is 3.08. The number of nitrogens with zero attached hydrogens (tertiary/aromatic N) is 3. The largest absolute Gasteiger partial charge is 0.363 e. The highest BCUT2D eigenvalue weighted by atomic mass is 32.2. The first kappa shape index (κ1) is 17.2. The Morgan fingerprint density at radius 2 is 1.75 bits per heavy atom. The predicted octanol–water partition coefficient (Wildman–Crippen LogP) is 2.06. The van der Waals surface area contributed by atoms with E-state index in [1.807, 2.05) is 4.90 Å². The summed E-state index contributed by atoms with van der Waals surface area (Å²) in [7, 11) is -3.46. The van der Waals surface area contributed by atoms with Crippen LogP contribution in [0.2, 0.25) is 0 Å². The number of hydrogen-bond donors (Lipinski definition) is 0. The van der Waals surface area contributed by atoms with Crippen LogP contribution >= 0.6 is 0 Å². The van der Waals surface area contributed by atoms with Crippen LogP contribution in [0.4, 0.5) is 11.4 Å². The Morgan fingerprint density at radius 1 is 1.12 bits per heavy atom. The molecule has 1 aromatic carbocycles. The molecule has 0 unspecified atom stereocenters. The summed E-state index contributed by atoms with van der Waals surface area (Å²) in [6.07, 6.45) is 6.16. The Kier molecular flexibility index (Phi) is 4.78. The second kappa shape index (κ2) is 6.68. The maximum Gasteiger partial charge on any atom is 0.293 e. The van der Waals surface area contributed by atoms with Gasteiger partial charge in [-0.25, -0.2) is 8.42 Å². The van der Waals surface area contributed by atoms with Gasteiger partial charge in [0.05, 0.1) is 9.82 Å². The van der Waals surface area contributed by atoms with Crippen molar-refractivity contribution in [3.63, 3.8) is 0 Å². The van der Waals surface area contributed by atoms with Crippen LogP contribution in [0.15, 0.2) is 23.1 Å². The minimum Gasteiger partial charge on any atom is -0.363 e. The molecule has 1 heterocycles. The van der Waals surface area contributed by atoms with E-state index >= 15 is 0 Å². The molecular formula is C16H23N3O4S. The maximum atomic E-state index is 11.6. The van der Waals surface area contributed by atoms with E-state index in [0.29, 0.717) is 11.7 Å². The van der Waals surface area contributed by atoms with E-state index in [2.05, 4.69) is 4.90 Å². The van der Waals surface area contributed by atoms with Gasteiger partial charge in [0, 0.05) is 44.5 Å². The lowest BCUT2D eigenvalue weighted by atomic mass is 10.1. The van der Waals surface area contributed by atoms with E-state index in [4.69, 9.17) is 0 Å². The first-order chi connectivity index (χ1) is 11.4. The third-order valence-electron chi connectivity index (χ3n) is 5.07. The molecule has 8 heteroatoms. The summed E-state index contributed by atoms with van der Waals surface area (Å²) < 4.78 is 23.3. The molecule has 24 heavy (non-hydrogen) atoms. The summed E-state index contributed by atoms with van der Waals surface area (Å²) in [5, 5.41) is 11.4. The van der Waals surface area contributed by atoms with Gasteiger partial charge in [-0.15, -0.1) is 0 Å². The number of nitro benzene ring substituents is 1. The summed E-state index contributed by atoms with van der Waals surface area (Å²) >= 11 is 0. The van der Waals surface area contributed by atoms with Gasteiger partial charge in [-0.05, 0) is 25.0 Å². The van der Waals surface area contributed by atoms with Crippen LogP contribution in [0, 0.1) is 10.1 Å². The van der Waals surface area contributed by atoms with Crippen LogP contribution in [0.1, 0.15) is 25.7 Å². The monoisotopic (exact) mass is 353 g/mol. The molecule has 0 N–H and O–H groups in total. The predicted molar refractivity (Wildman–Crippen MR) is 92.2 cm³/mol. The number of piperazine rings is 1. The van der Waals surface area contributed by atoms with Crippen LogP contribution in [0.5, 0.6) is 0 Å². The molecule has 0 bridgehead atoms. The lowest BCUT2D eigenvalue weighted by molar-refractivity contribution is -0.384. The Morgan fingerprint density at radius 3 is 2.29 bits per heavy atom. The molecule has 1 aliphatic heterocycles. The van der Waals surface area contributed by atoms with Gasteiger partial charge in [0.25, 0.3) is 5.69 Å². The van der Waals surface area contributed by atoms with Gasteiger partial charge in [0.1, 0.15) is 5.69 Å². The highest BCUT2D eigenvalue weighted by Gasteiger charge is 2.29. The van der Waals surface area contributed by atoms with Gasteiger partial charge in [-0.1, -0.05) is 12.8 Å². The fraction of sp³-hybridized carbons (Fsp3) is 0.625. The summed E-state index contributed by atoms with van der Waals surface area (Å²) in [5.74, 6) is 0. The molecule has 1 aliphatic carbocycles. The zero-order chi connectivity index (χ0) is 17.3. The standard InChI is InChI=1S/C16H23N3O4S/c1-24(22,23)14-6-7-15(16(12-14)19(20)21)18-10-8-17(9-11-18)13-4-2-3-5-13/h6-7,12-13H,2-5,8-11H2,1H3. The molecule has 2 aliphatic rings. The van der Waals surface area contributed by atoms with E-state index in [9.17, 15) is 18.5 Å². The quantitative estimate of drug-likeness (QED) is 0.608. The molecule has 1 saturated heterocycles.